The van der Waals surface area contributed by atoms with Gasteiger partial charge in [0.05, 0.1) is 0 Å². The first kappa shape index (κ1) is 13.4. The molecule has 0 aliphatic heterocycles. The Hall–Kier alpha value is -0.630. The Balaban J connectivity index is 4.89. The van der Waals surface area contributed by atoms with Gasteiger partial charge in [0, 0.05) is 12.0 Å². The lowest BCUT2D eigenvalue weighted by Gasteiger charge is -2.14. The zero-order chi connectivity index (χ0) is 11.1. The minimum absolute atomic E-state index is 0.524. The fourth-order valence-corrected chi connectivity index (χ4v) is 1.86. The van der Waals surface area contributed by atoms with E-state index in [2.05, 4.69) is 45.1 Å². The second kappa shape index (κ2) is 6.77. The zero-order valence-corrected chi connectivity index (χ0v) is 10.7. The molecule has 0 aromatic heterocycles. The summed E-state index contributed by atoms with van der Waals surface area (Å²) in [7, 11) is 0. The molecule has 80 valence electrons. The summed E-state index contributed by atoms with van der Waals surface area (Å²) in [6, 6.07) is 0. The molecule has 0 bridgehead atoms. The number of nitrogens with one attached hydrogen (secondary N) is 1. The van der Waals surface area contributed by atoms with E-state index < -0.39 is 0 Å². The summed E-state index contributed by atoms with van der Waals surface area (Å²) in [5, 5.41) is 0. The third-order valence-corrected chi connectivity index (χ3v) is 2.40. The van der Waals surface area contributed by atoms with Crippen molar-refractivity contribution in [1.29, 1.82) is 0 Å². The SMILES string of the molecule is C=C/C(C)=C\C(C)=C(\NSC)C(C)C. The van der Waals surface area contributed by atoms with E-state index in [9.17, 15) is 0 Å². The van der Waals surface area contributed by atoms with Gasteiger partial charge in [0.1, 0.15) is 0 Å². The second-order valence-electron chi connectivity index (χ2n) is 3.65. The Kier molecular flexibility index (Phi) is 6.46. The van der Waals surface area contributed by atoms with Crippen molar-refractivity contribution >= 4 is 11.9 Å². The standard InChI is InChI=1S/C12H21NS/c1-7-10(4)8-11(5)12(9(2)3)13-14-6/h7-9,13H,1H2,2-6H3/b10-8-,12-11+. The van der Waals surface area contributed by atoms with Gasteiger partial charge in [0.15, 0.2) is 0 Å². The van der Waals surface area contributed by atoms with Gasteiger partial charge in [-0.2, -0.15) is 0 Å². The summed E-state index contributed by atoms with van der Waals surface area (Å²) in [6.07, 6.45) is 6.08. The Labute approximate surface area is 92.5 Å². The Bertz CT molecular complexity index is 249. The van der Waals surface area contributed by atoms with Crippen LogP contribution in [0.2, 0.25) is 0 Å². The highest BCUT2D eigenvalue weighted by Gasteiger charge is 2.04. The van der Waals surface area contributed by atoms with E-state index in [0.29, 0.717) is 5.92 Å². The van der Waals surface area contributed by atoms with Crippen molar-refractivity contribution in [2.75, 3.05) is 6.26 Å². The maximum Gasteiger partial charge on any atom is 0.0265 e. The molecule has 0 atom stereocenters. The third-order valence-electron chi connectivity index (χ3n) is 1.98. The van der Waals surface area contributed by atoms with Crippen molar-refractivity contribution in [3.63, 3.8) is 0 Å². The first-order chi connectivity index (χ1) is 6.52. The molecule has 0 saturated heterocycles. The molecule has 0 saturated carbocycles. The predicted octanol–water partition coefficient (Wildman–Crippen LogP) is 3.92. The van der Waals surface area contributed by atoms with Gasteiger partial charge in [-0.1, -0.05) is 50.1 Å². The zero-order valence-electron chi connectivity index (χ0n) is 9.85. The molecular formula is C12H21NS. The molecule has 0 rings (SSSR count). The lowest BCUT2D eigenvalue weighted by atomic mass is 10.0. The molecule has 14 heavy (non-hydrogen) atoms. The first-order valence-corrected chi connectivity index (χ1v) is 6.05. The van der Waals surface area contributed by atoms with Crippen molar-refractivity contribution < 1.29 is 0 Å². The van der Waals surface area contributed by atoms with Crippen LogP contribution in [0.4, 0.5) is 0 Å². The van der Waals surface area contributed by atoms with E-state index >= 15 is 0 Å². The number of rotatable bonds is 5. The van der Waals surface area contributed by atoms with Gasteiger partial charge in [0.25, 0.3) is 0 Å². The lowest BCUT2D eigenvalue weighted by molar-refractivity contribution is 0.730. The molecule has 2 heteroatoms. The first-order valence-electron chi connectivity index (χ1n) is 4.83. The molecular weight excluding hydrogens is 190 g/mol. The molecule has 0 aliphatic carbocycles. The normalized spacial score (nSPS) is 14.0. The van der Waals surface area contributed by atoms with E-state index in [1.165, 1.54) is 16.8 Å². The van der Waals surface area contributed by atoms with Gasteiger partial charge in [-0.25, -0.2) is 0 Å². The van der Waals surface area contributed by atoms with Crippen LogP contribution < -0.4 is 4.72 Å². The molecule has 0 aliphatic rings. The minimum atomic E-state index is 0.524. The summed E-state index contributed by atoms with van der Waals surface area (Å²) in [6.45, 7) is 12.3. The van der Waals surface area contributed by atoms with Gasteiger partial charge in [-0.3, -0.25) is 0 Å². The maximum absolute atomic E-state index is 3.75. The fraction of sp³-hybridized carbons (Fsp3) is 0.500. The van der Waals surface area contributed by atoms with E-state index in [4.69, 9.17) is 0 Å². The molecule has 1 nitrogen and oxygen atoms in total. The Morgan fingerprint density at radius 2 is 1.93 bits per heavy atom. The van der Waals surface area contributed by atoms with E-state index in [0.717, 1.165) is 0 Å². The van der Waals surface area contributed by atoms with Crippen LogP contribution in [-0.4, -0.2) is 6.26 Å². The summed E-state index contributed by atoms with van der Waals surface area (Å²) in [5.41, 5.74) is 3.77. The van der Waals surface area contributed by atoms with Crippen LogP contribution in [0.25, 0.3) is 0 Å². The minimum Gasteiger partial charge on any atom is -0.333 e. The van der Waals surface area contributed by atoms with E-state index in [1.807, 2.05) is 12.3 Å². The van der Waals surface area contributed by atoms with Crippen molar-refractivity contribution in [3.8, 4) is 0 Å². The molecule has 0 radical (unpaired) electrons. The summed E-state index contributed by atoms with van der Waals surface area (Å²) < 4.78 is 3.33. The van der Waals surface area contributed by atoms with Gasteiger partial charge in [-0.15, -0.1) is 0 Å². The van der Waals surface area contributed by atoms with Gasteiger partial charge in [0.2, 0.25) is 0 Å². The van der Waals surface area contributed by atoms with Gasteiger partial charge in [-0.05, 0) is 25.3 Å². The van der Waals surface area contributed by atoms with Gasteiger partial charge >= 0.3 is 0 Å². The van der Waals surface area contributed by atoms with E-state index in [1.54, 1.807) is 11.9 Å². The molecule has 1 N–H and O–H groups in total. The number of hydrogen-bond acceptors (Lipinski definition) is 2. The fourth-order valence-electron chi connectivity index (χ4n) is 1.24. The number of allylic oxidation sites excluding steroid dienone is 5. The van der Waals surface area contributed by atoms with Crippen molar-refractivity contribution in [1.82, 2.24) is 4.72 Å². The molecule has 0 heterocycles. The van der Waals surface area contributed by atoms with Crippen molar-refractivity contribution in [3.05, 3.63) is 35.6 Å². The van der Waals surface area contributed by atoms with Crippen LogP contribution in [0.5, 0.6) is 0 Å². The van der Waals surface area contributed by atoms with Crippen LogP contribution in [0.1, 0.15) is 27.7 Å². The predicted molar refractivity (Wildman–Crippen MR) is 68.1 cm³/mol. The van der Waals surface area contributed by atoms with Crippen LogP contribution in [0, 0.1) is 5.92 Å². The summed E-state index contributed by atoms with van der Waals surface area (Å²) in [5.74, 6) is 0.524. The van der Waals surface area contributed by atoms with Crippen LogP contribution in [-0.2, 0) is 0 Å². The number of hydrogen-bond donors (Lipinski definition) is 1. The molecule has 0 aromatic carbocycles. The Morgan fingerprint density at radius 1 is 1.36 bits per heavy atom. The van der Waals surface area contributed by atoms with Crippen LogP contribution >= 0.6 is 11.9 Å². The average molecular weight is 211 g/mol. The molecule has 0 spiro atoms. The molecule has 0 unspecified atom stereocenters. The topological polar surface area (TPSA) is 12.0 Å². The summed E-state index contributed by atoms with van der Waals surface area (Å²) >= 11 is 1.64. The van der Waals surface area contributed by atoms with Crippen molar-refractivity contribution in [2.24, 2.45) is 5.92 Å². The van der Waals surface area contributed by atoms with Crippen LogP contribution in [0.3, 0.4) is 0 Å². The quantitative estimate of drug-likeness (QED) is 0.546. The smallest absolute Gasteiger partial charge is 0.0265 e. The van der Waals surface area contributed by atoms with Crippen LogP contribution in [0.15, 0.2) is 35.6 Å². The monoisotopic (exact) mass is 211 g/mol. The lowest BCUT2D eigenvalue weighted by Crippen LogP contribution is -2.11. The average Bonchev–Trinajstić information content (AvgIpc) is 2.13. The highest BCUT2D eigenvalue weighted by atomic mass is 32.2. The second-order valence-corrected chi connectivity index (χ2v) is 4.26. The largest absolute Gasteiger partial charge is 0.333 e. The third kappa shape index (κ3) is 4.56. The Morgan fingerprint density at radius 3 is 2.29 bits per heavy atom. The summed E-state index contributed by atoms with van der Waals surface area (Å²) in [4.78, 5) is 0. The van der Waals surface area contributed by atoms with E-state index in [-0.39, 0.29) is 0 Å². The maximum atomic E-state index is 3.75. The highest BCUT2D eigenvalue weighted by molar-refractivity contribution is 7.96. The highest BCUT2D eigenvalue weighted by Crippen LogP contribution is 2.16. The molecule has 0 amide bonds. The van der Waals surface area contributed by atoms with Crippen molar-refractivity contribution in [2.45, 2.75) is 27.7 Å². The van der Waals surface area contributed by atoms with Gasteiger partial charge < -0.3 is 4.72 Å². The molecule has 0 aromatic rings. The molecule has 0 fully saturated rings.